The number of nitrogens with one attached hydrogen (secondary N) is 1. The van der Waals surface area contributed by atoms with Crippen LogP contribution >= 0.6 is 0 Å². The number of nitrogens with zero attached hydrogens (tertiary/aromatic N) is 1. The fraction of sp³-hybridized carbons (Fsp3) is 0.941. The average molecular weight is 296 g/mol. The number of rotatable bonds is 5. The van der Waals surface area contributed by atoms with Gasteiger partial charge in [0.05, 0.1) is 6.10 Å². The van der Waals surface area contributed by atoms with Crippen molar-refractivity contribution >= 4 is 5.91 Å². The minimum Gasteiger partial charge on any atom is -0.390 e. The van der Waals surface area contributed by atoms with E-state index in [0.717, 1.165) is 13.0 Å². The van der Waals surface area contributed by atoms with E-state index in [1.165, 1.54) is 25.7 Å². The Bertz CT molecular complexity index is 351. The van der Waals surface area contributed by atoms with Gasteiger partial charge in [0.25, 0.3) is 0 Å². The summed E-state index contributed by atoms with van der Waals surface area (Å²) in [5, 5.41) is 13.8. The summed E-state index contributed by atoms with van der Waals surface area (Å²) in [6.45, 7) is 8.84. The number of hydrogen-bond donors (Lipinski definition) is 2. The zero-order valence-corrected chi connectivity index (χ0v) is 13.9. The predicted octanol–water partition coefficient (Wildman–Crippen LogP) is 2.16. The molecule has 0 aromatic carbocycles. The summed E-state index contributed by atoms with van der Waals surface area (Å²) in [6.07, 6.45) is 6.23. The number of amides is 1. The lowest BCUT2D eigenvalue weighted by Gasteiger charge is -2.41. The van der Waals surface area contributed by atoms with Gasteiger partial charge >= 0.3 is 0 Å². The summed E-state index contributed by atoms with van der Waals surface area (Å²) < 4.78 is 0. The van der Waals surface area contributed by atoms with Crippen molar-refractivity contribution in [2.45, 2.75) is 71.4 Å². The smallest absolute Gasteiger partial charge is 0.222 e. The van der Waals surface area contributed by atoms with Gasteiger partial charge in [-0.05, 0) is 30.6 Å². The highest BCUT2D eigenvalue weighted by molar-refractivity contribution is 5.78. The molecule has 0 bridgehead atoms. The molecular formula is C17H32N2O2. The molecule has 0 aromatic rings. The van der Waals surface area contributed by atoms with Crippen LogP contribution < -0.4 is 5.32 Å². The average Bonchev–Trinajstić information content (AvgIpc) is 2.81. The van der Waals surface area contributed by atoms with Crippen molar-refractivity contribution in [2.24, 2.45) is 11.3 Å². The van der Waals surface area contributed by atoms with E-state index in [1.807, 2.05) is 0 Å². The first-order valence-electron chi connectivity index (χ1n) is 8.57. The highest BCUT2D eigenvalue weighted by Crippen LogP contribution is 2.37. The molecule has 4 nitrogen and oxygen atoms in total. The van der Waals surface area contributed by atoms with Crippen molar-refractivity contribution in [1.82, 2.24) is 10.2 Å². The molecule has 1 amide bonds. The molecule has 3 unspecified atom stereocenters. The monoisotopic (exact) mass is 296 g/mol. The Morgan fingerprint density at radius 1 is 1.29 bits per heavy atom. The van der Waals surface area contributed by atoms with E-state index >= 15 is 0 Å². The van der Waals surface area contributed by atoms with E-state index in [1.54, 1.807) is 4.90 Å². The quantitative estimate of drug-likeness (QED) is 0.817. The molecule has 1 saturated carbocycles. The van der Waals surface area contributed by atoms with Crippen molar-refractivity contribution < 1.29 is 9.90 Å². The van der Waals surface area contributed by atoms with Gasteiger partial charge in [0, 0.05) is 32.1 Å². The van der Waals surface area contributed by atoms with Crippen LogP contribution in [0.25, 0.3) is 0 Å². The fourth-order valence-corrected chi connectivity index (χ4v) is 3.92. The Morgan fingerprint density at radius 3 is 2.62 bits per heavy atom. The molecule has 2 N–H and O–H groups in total. The third-order valence-electron chi connectivity index (χ3n) is 5.10. The lowest BCUT2D eigenvalue weighted by atomic mass is 9.69. The number of aliphatic hydroxyl groups excluding tert-OH is 1. The zero-order valence-electron chi connectivity index (χ0n) is 13.9. The van der Waals surface area contributed by atoms with Gasteiger partial charge in [-0.25, -0.2) is 0 Å². The van der Waals surface area contributed by atoms with Crippen molar-refractivity contribution in [1.29, 1.82) is 0 Å². The van der Waals surface area contributed by atoms with Crippen LogP contribution in [0.15, 0.2) is 0 Å². The van der Waals surface area contributed by atoms with Gasteiger partial charge in [-0.2, -0.15) is 0 Å². The molecule has 1 saturated heterocycles. The van der Waals surface area contributed by atoms with Gasteiger partial charge in [-0.1, -0.05) is 33.6 Å². The van der Waals surface area contributed by atoms with Crippen LogP contribution in [0.4, 0.5) is 0 Å². The summed E-state index contributed by atoms with van der Waals surface area (Å²) in [7, 11) is 0. The molecule has 1 aliphatic heterocycles. The molecule has 1 heterocycles. The fourth-order valence-electron chi connectivity index (χ4n) is 3.92. The van der Waals surface area contributed by atoms with Crippen LogP contribution in [0.5, 0.6) is 0 Å². The molecule has 0 spiro atoms. The van der Waals surface area contributed by atoms with Crippen molar-refractivity contribution in [3.8, 4) is 0 Å². The highest BCUT2D eigenvalue weighted by Gasteiger charge is 2.34. The molecule has 1 aliphatic carbocycles. The maximum atomic E-state index is 11.6. The Kier molecular flexibility index (Phi) is 5.67. The number of carbonyl (C=O) groups excluding carboxylic acids is 1. The van der Waals surface area contributed by atoms with Crippen LogP contribution in [-0.4, -0.2) is 47.7 Å². The molecule has 0 aromatic heterocycles. The summed E-state index contributed by atoms with van der Waals surface area (Å²) in [4.78, 5) is 13.4. The van der Waals surface area contributed by atoms with E-state index in [-0.39, 0.29) is 5.91 Å². The molecule has 0 radical (unpaired) electrons. The maximum Gasteiger partial charge on any atom is 0.222 e. The van der Waals surface area contributed by atoms with Gasteiger partial charge < -0.3 is 15.3 Å². The molecule has 2 fully saturated rings. The van der Waals surface area contributed by atoms with Crippen molar-refractivity contribution in [3.63, 3.8) is 0 Å². The molecule has 122 valence electrons. The third kappa shape index (κ3) is 4.68. The SMILES string of the molecule is CC(C)(C)C1CCCCC1NCC(O)CN1CCCC1=O. The minimum atomic E-state index is -0.449. The first kappa shape index (κ1) is 16.8. The first-order chi connectivity index (χ1) is 9.88. The molecule has 2 rings (SSSR count). The van der Waals surface area contributed by atoms with Crippen LogP contribution in [-0.2, 0) is 4.79 Å². The lowest BCUT2D eigenvalue weighted by molar-refractivity contribution is -0.128. The first-order valence-corrected chi connectivity index (χ1v) is 8.57. The van der Waals surface area contributed by atoms with Crippen LogP contribution in [0, 0.1) is 11.3 Å². The number of likely N-dealkylation sites (tertiary alicyclic amines) is 1. The summed E-state index contributed by atoms with van der Waals surface area (Å²) >= 11 is 0. The summed E-state index contributed by atoms with van der Waals surface area (Å²) in [5.74, 6) is 0.867. The van der Waals surface area contributed by atoms with Gasteiger partial charge in [-0.15, -0.1) is 0 Å². The molecule has 2 aliphatic rings. The molecule has 4 heteroatoms. The third-order valence-corrected chi connectivity index (χ3v) is 5.10. The van der Waals surface area contributed by atoms with Gasteiger partial charge in [0.2, 0.25) is 5.91 Å². The number of β-amino-alcohol motifs (C(OH)–C–C–N with tert-alkyl or cyclic N) is 1. The Morgan fingerprint density at radius 2 is 2.00 bits per heavy atom. The predicted molar refractivity (Wildman–Crippen MR) is 85.0 cm³/mol. The lowest BCUT2D eigenvalue weighted by Crippen LogP contribution is -2.48. The summed E-state index contributed by atoms with van der Waals surface area (Å²) in [5.41, 5.74) is 0.313. The normalized spacial score (nSPS) is 29.0. The second-order valence-corrected chi connectivity index (χ2v) is 7.87. The largest absolute Gasteiger partial charge is 0.390 e. The van der Waals surface area contributed by atoms with Crippen LogP contribution in [0.3, 0.4) is 0 Å². The van der Waals surface area contributed by atoms with Crippen LogP contribution in [0.1, 0.15) is 59.3 Å². The zero-order chi connectivity index (χ0) is 15.5. The number of carbonyl (C=O) groups is 1. The summed E-state index contributed by atoms with van der Waals surface area (Å²) in [6, 6.07) is 0.502. The van der Waals surface area contributed by atoms with Crippen LogP contribution in [0.2, 0.25) is 0 Å². The van der Waals surface area contributed by atoms with E-state index in [2.05, 4.69) is 26.1 Å². The van der Waals surface area contributed by atoms with E-state index in [4.69, 9.17) is 0 Å². The van der Waals surface area contributed by atoms with Gasteiger partial charge in [-0.3, -0.25) is 4.79 Å². The van der Waals surface area contributed by atoms with E-state index < -0.39 is 6.10 Å². The molecule has 3 atom stereocenters. The Hall–Kier alpha value is -0.610. The van der Waals surface area contributed by atoms with Crippen molar-refractivity contribution in [2.75, 3.05) is 19.6 Å². The molecular weight excluding hydrogens is 264 g/mol. The van der Waals surface area contributed by atoms with Gasteiger partial charge in [0.1, 0.15) is 0 Å². The minimum absolute atomic E-state index is 0.194. The highest BCUT2D eigenvalue weighted by atomic mass is 16.3. The molecule has 21 heavy (non-hydrogen) atoms. The van der Waals surface area contributed by atoms with Gasteiger partial charge in [0.15, 0.2) is 0 Å². The number of aliphatic hydroxyl groups is 1. The second kappa shape index (κ2) is 7.10. The van der Waals surface area contributed by atoms with E-state index in [9.17, 15) is 9.90 Å². The second-order valence-electron chi connectivity index (χ2n) is 7.87. The van der Waals surface area contributed by atoms with Crippen molar-refractivity contribution in [3.05, 3.63) is 0 Å². The maximum absolute atomic E-state index is 11.6. The Balaban J connectivity index is 1.79. The van der Waals surface area contributed by atoms with E-state index in [0.29, 0.717) is 36.9 Å². The standard InChI is InChI=1S/C17H32N2O2/c1-17(2,3)14-7-4-5-8-15(14)18-11-13(20)12-19-10-6-9-16(19)21/h13-15,18,20H,4-12H2,1-3H3. The number of hydrogen-bond acceptors (Lipinski definition) is 3. The topological polar surface area (TPSA) is 52.6 Å². The Labute approximate surface area is 129 Å².